The van der Waals surface area contributed by atoms with Gasteiger partial charge in [-0.2, -0.15) is 0 Å². The number of rotatable bonds is 5. The highest BCUT2D eigenvalue weighted by Crippen LogP contribution is 2.30. The molecule has 0 aliphatic carbocycles. The van der Waals surface area contributed by atoms with E-state index in [0.29, 0.717) is 22.6 Å². The van der Waals surface area contributed by atoms with E-state index in [9.17, 15) is 8.78 Å². The fourth-order valence-corrected chi connectivity index (χ4v) is 2.20. The lowest BCUT2D eigenvalue weighted by Crippen LogP contribution is -2.26. The summed E-state index contributed by atoms with van der Waals surface area (Å²) in [5.74, 6) is -0.272. The molecule has 0 saturated carbocycles. The monoisotopic (exact) mass is 308 g/mol. The largest absolute Gasteiger partial charge is 0.497 e. The first kappa shape index (κ1) is 16.2. The summed E-state index contributed by atoms with van der Waals surface area (Å²) in [6.45, 7) is 0. The highest BCUT2D eigenvalue weighted by molar-refractivity contribution is 5.36. The molecule has 0 spiro atoms. The Kier molecular flexibility index (Phi) is 4.95. The van der Waals surface area contributed by atoms with E-state index >= 15 is 0 Å². The van der Waals surface area contributed by atoms with Crippen LogP contribution in [0.25, 0.3) is 0 Å². The highest BCUT2D eigenvalue weighted by Gasteiger charge is 2.20. The molecule has 2 unspecified atom stereocenters. The normalized spacial score (nSPS) is 13.5. The Hall–Kier alpha value is -2.18. The molecule has 2 atom stereocenters. The molecule has 4 nitrogen and oxygen atoms in total. The zero-order valence-electron chi connectivity index (χ0n) is 12.3. The van der Waals surface area contributed by atoms with Crippen LogP contribution in [0.1, 0.15) is 23.2 Å². The van der Waals surface area contributed by atoms with Gasteiger partial charge in [-0.25, -0.2) is 8.78 Å². The highest BCUT2D eigenvalue weighted by atomic mass is 19.1. The number of benzene rings is 2. The molecule has 118 valence electrons. The van der Waals surface area contributed by atoms with Gasteiger partial charge in [0.2, 0.25) is 0 Å². The molecular formula is C16H18F2N2O2. The molecule has 0 saturated heterocycles. The maximum absolute atomic E-state index is 13.6. The molecule has 0 bridgehead atoms. The first-order valence-electron chi connectivity index (χ1n) is 6.64. The average molecular weight is 308 g/mol. The SMILES string of the molecule is COc1cc(F)cc(C(N)C(N)c2cc(F)cc(OC)c2)c1. The van der Waals surface area contributed by atoms with Gasteiger partial charge in [0.15, 0.2) is 0 Å². The zero-order valence-corrected chi connectivity index (χ0v) is 12.3. The number of methoxy groups -OCH3 is 2. The van der Waals surface area contributed by atoms with E-state index in [4.69, 9.17) is 20.9 Å². The van der Waals surface area contributed by atoms with Crippen LogP contribution in [0.3, 0.4) is 0 Å². The van der Waals surface area contributed by atoms with Crippen molar-refractivity contribution in [1.82, 2.24) is 0 Å². The number of nitrogens with two attached hydrogens (primary N) is 2. The Morgan fingerprint density at radius 1 is 0.727 bits per heavy atom. The van der Waals surface area contributed by atoms with Crippen molar-refractivity contribution in [2.24, 2.45) is 11.5 Å². The maximum atomic E-state index is 13.6. The van der Waals surface area contributed by atoms with E-state index in [0.717, 1.165) is 0 Å². The van der Waals surface area contributed by atoms with Crippen molar-refractivity contribution in [3.8, 4) is 11.5 Å². The third-order valence-electron chi connectivity index (χ3n) is 3.42. The lowest BCUT2D eigenvalue weighted by molar-refractivity contribution is 0.407. The van der Waals surface area contributed by atoms with E-state index in [-0.39, 0.29) is 0 Å². The summed E-state index contributed by atoms with van der Waals surface area (Å²) in [7, 11) is 2.86. The van der Waals surface area contributed by atoms with E-state index in [1.165, 1.54) is 38.5 Å². The maximum Gasteiger partial charge on any atom is 0.127 e. The number of hydrogen-bond donors (Lipinski definition) is 2. The van der Waals surface area contributed by atoms with Gasteiger partial charge in [-0.05, 0) is 35.4 Å². The second kappa shape index (κ2) is 6.72. The molecule has 2 rings (SSSR count). The molecule has 0 aromatic heterocycles. The quantitative estimate of drug-likeness (QED) is 0.891. The van der Waals surface area contributed by atoms with Crippen LogP contribution in [-0.2, 0) is 0 Å². The molecular weight excluding hydrogens is 290 g/mol. The standard InChI is InChI=1S/C16H18F2N2O2/c1-21-13-5-9(3-11(17)7-13)15(19)16(20)10-4-12(18)8-14(6-10)22-2/h3-8,15-16H,19-20H2,1-2H3. The first-order chi connectivity index (χ1) is 10.4. The first-order valence-corrected chi connectivity index (χ1v) is 6.64. The lowest BCUT2D eigenvalue weighted by Gasteiger charge is -2.22. The predicted molar refractivity (Wildman–Crippen MR) is 79.8 cm³/mol. The molecule has 0 amide bonds. The van der Waals surface area contributed by atoms with Gasteiger partial charge in [0.05, 0.1) is 14.2 Å². The van der Waals surface area contributed by atoms with E-state index < -0.39 is 23.7 Å². The molecule has 22 heavy (non-hydrogen) atoms. The Bertz CT molecular complexity index is 607. The number of ether oxygens (including phenoxy) is 2. The van der Waals surface area contributed by atoms with Crippen molar-refractivity contribution in [2.75, 3.05) is 14.2 Å². The van der Waals surface area contributed by atoms with Crippen LogP contribution in [0, 0.1) is 11.6 Å². The summed E-state index contributed by atoms with van der Waals surface area (Å²) in [5, 5.41) is 0. The Labute approximate surface area is 127 Å². The van der Waals surface area contributed by atoms with E-state index in [1.807, 2.05) is 0 Å². The summed E-state index contributed by atoms with van der Waals surface area (Å²) in [5.41, 5.74) is 13.1. The van der Waals surface area contributed by atoms with Gasteiger partial charge in [-0.1, -0.05) is 0 Å². The van der Waals surface area contributed by atoms with E-state index in [2.05, 4.69) is 0 Å². The van der Waals surface area contributed by atoms with E-state index in [1.54, 1.807) is 12.1 Å². The van der Waals surface area contributed by atoms with Crippen LogP contribution in [0.2, 0.25) is 0 Å². The third kappa shape index (κ3) is 3.52. The minimum atomic E-state index is -0.726. The molecule has 0 aliphatic heterocycles. The van der Waals surface area contributed by atoms with Crippen LogP contribution in [0.15, 0.2) is 36.4 Å². The molecule has 0 aliphatic rings. The van der Waals surface area contributed by atoms with Crippen molar-refractivity contribution in [2.45, 2.75) is 12.1 Å². The fraction of sp³-hybridized carbons (Fsp3) is 0.250. The molecule has 0 heterocycles. The predicted octanol–water partition coefficient (Wildman–Crippen LogP) is 2.68. The Balaban J connectivity index is 2.34. The molecule has 0 fully saturated rings. The van der Waals surface area contributed by atoms with Gasteiger partial charge in [-0.3, -0.25) is 0 Å². The van der Waals surface area contributed by atoms with Gasteiger partial charge < -0.3 is 20.9 Å². The average Bonchev–Trinajstić information content (AvgIpc) is 2.52. The minimum Gasteiger partial charge on any atom is -0.497 e. The van der Waals surface area contributed by atoms with Crippen molar-refractivity contribution >= 4 is 0 Å². The molecule has 0 radical (unpaired) electrons. The van der Waals surface area contributed by atoms with Crippen LogP contribution in [-0.4, -0.2) is 14.2 Å². The minimum absolute atomic E-state index is 0.342. The summed E-state index contributed by atoms with van der Waals surface area (Å²) < 4.78 is 37.2. The molecule has 4 N–H and O–H groups in total. The van der Waals surface area contributed by atoms with Crippen LogP contribution in [0.5, 0.6) is 11.5 Å². The van der Waals surface area contributed by atoms with Gasteiger partial charge in [0.1, 0.15) is 23.1 Å². The van der Waals surface area contributed by atoms with Crippen LogP contribution in [0.4, 0.5) is 8.78 Å². The van der Waals surface area contributed by atoms with Gasteiger partial charge in [0.25, 0.3) is 0 Å². The number of halogens is 2. The fourth-order valence-electron chi connectivity index (χ4n) is 2.20. The topological polar surface area (TPSA) is 70.5 Å². The zero-order chi connectivity index (χ0) is 16.3. The van der Waals surface area contributed by atoms with Crippen LogP contribution < -0.4 is 20.9 Å². The van der Waals surface area contributed by atoms with Gasteiger partial charge >= 0.3 is 0 Å². The van der Waals surface area contributed by atoms with Crippen molar-refractivity contribution in [1.29, 1.82) is 0 Å². The van der Waals surface area contributed by atoms with Crippen molar-refractivity contribution in [3.05, 3.63) is 59.2 Å². The Morgan fingerprint density at radius 2 is 1.09 bits per heavy atom. The summed E-state index contributed by atoms with van der Waals surface area (Å²) in [4.78, 5) is 0. The summed E-state index contributed by atoms with van der Waals surface area (Å²) in [6, 6.07) is 6.80. The van der Waals surface area contributed by atoms with Crippen LogP contribution >= 0.6 is 0 Å². The summed E-state index contributed by atoms with van der Waals surface area (Å²) >= 11 is 0. The number of hydrogen-bond acceptors (Lipinski definition) is 4. The lowest BCUT2D eigenvalue weighted by atomic mass is 9.94. The second-order valence-electron chi connectivity index (χ2n) is 4.90. The smallest absolute Gasteiger partial charge is 0.127 e. The molecule has 6 heteroatoms. The van der Waals surface area contributed by atoms with Gasteiger partial charge in [0, 0.05) is 24.2 Å². The second-order valence-corrected chi connectivity index (χ2v) is 4.90. The Morgan fingerprint density at radius 3 is 1.41 bits per heavy atom. The van der Waals surface area contributed by atoms with Crippen molar-refractivity contribution < 1.29 is 18.3 Å². The molecule has 2 aromatic rings. The van der Waals surface area contributed by atoms with Crippen molar-refractivity contribution in [3.63, 3.8) is 0 Å². The van der Waals surface area contributed by atoms with Gasteiger partial charge in [-0.15, -0.1) is 0 Å². The summed E-state index contributed by atoms with van der Waals surface area (Å²) in [6.07, 6.45) is 0. The molecule has 2 aromatic carbocycles. The third-order valence-corrected chi connectivity index (χ3v) is 3.42.